The molecule has 3 nitrogen and oxygen atoms in total. The second-order valence-electron chi connectivity index (χ2n) is 14.0. The molecule has 0 spiro atoms. The molecule has 0 N–H and O–H groups in total. The van der Waals surface area contributed by atoms with Crippen LogP contribution >= 0.6 is 11.3 Å². The predicted octanol–water partition coefficient (Wildman–Crippen LogP) is 12.3. The molecule has 0 amide bonds. The van der Waals surface area contributed by atoms with E-state index in [1.807, 2.05) is 35.7 Å². The molecule has 0 unspecified atom stereocenters. The van der Waals surface area contributed by atoms with Gasteiger partial charge in [0.1, 0.15) is 0 Å². The molecule has 0 bridgehead atoms. The minimum absolute atomic E-state index is 0. The molecule has 238 valence electrons. The van der Waals surface area contributed by atoms with Crippen LogP contribution in [-0.4, -0.2) is 17.1 Å². The molecular weight excluding hydrogens is 747 g/mol. The average Bonchev–Trinajstić information content (AvgIpc) is 3.41. The first-order chi connectivity index (χ1) is 20.7. The van der Waals surface area contributed by atoms with E-state index in [1.54, 1.807) is 0 Å². The standard InChI is InChI=1S/C27H28NS.C13H20N2.Ir/c1-26(2,3)20-11-7-18(8-12-20)24-17-22-23(29-24)15-16-28-25(22)19-9-13-21(14-10-19)27(4,5)6;1-10(2)14-13(15-11(3)4)12-8-6-5-7-9-12;/h7-9,11-17H,1-6H3;5-11,13H,1-4H3;/q-1;-2;+3. The largest absolute Gasteiger partial charge is 3.00 e. The third-order valence-corrected chi connectivity index (χ3v) is 8.54. The smallest absolute Gasteiger partial charge is 0.672 e. The van der Waals surface area contributed by atoms with Crippen molar-refractivity contribution < 1.29 is 20.1 Å². The van der Waals surface area contributed by atoms with Crippen LogP contribution in [0.15, 0.2) is 91.1 Å². The summed E-state index contributed by atoms with van der Waals surface area (Å²) in [4.78, 5) is 5.98. The van der Waals surface area contributed by atoms with Crippen LogP contribution in [0.4, 0.5) is 0 Å². The van der Waals surface area contributed by atoms with Gasteiger partial charge in [-0.15, -0.1) is 58.8 Å². The summed E-state index contributed by atoms with van der Waals surface area (Å²) in [5.74, 6) is 0. The maximum Gasteiger partial charge on any atom is 3.00 e. The van der Waals surface area contributed by atoms with Crippen LogP contribution in [0.2, 0.25) is 0 Å². The van der Waals surface area contributed by atoms with Crippen LogP contribution in [0, 0.1) is 6.07 Å². The first-order valence-electron chi connectivity index (χ1n) is 15.7. The molecule has 2 aromatic heterocycles. The Bertz CT molecular complexity index is 1600. The number of pyridine rings is 1. The van der Waals surface area contributed by atoms with Crippen molar-refractivity contribution in [2.45, 2.75) is 98.3 Å². The summed E-state index contributed by atoms with van der Waals surface area (Å²) in [5, 5.41) is 10.4. The van der Waals surface area contributed by atoms with Gasteiger partial charge in [0.15, 0.2) is 0 Å². The Morgan fingerprint density at radius 3 is 1.80 bits per heavy atom. The third kappa shape index (κ3) is 10.2. The summed E-state index contributed by atoms with van der Waals surface area (Å²) in [6, 6.07) is 34.2. The van der Waals surface area contributed by atoms with E-state index in [4.69, 9.17) is 4.98 Å². The molecule has 0 aliphatic carbocycles. The zero-order valence-corrected chi connectivity index (χ0v) is 31.7. The van der Waals surface area contributed by atoms with Crippen molar-refractivity contribution in [2.24, 2.45) is 0 Å². The van der Waals surface area contributed by atoms with Crippen LogP contribution in [-0.2, 0) is 30.9 Å². The quantitative estimate of drug-likeness (QED) is 0.151. The molecule has 0 saturated carbocycles. The number of hydrogen-bond acceptors (Lipinski definition) is 2. The summed E-state index contributed by atoms with van der Waals surface area (Å²) < 4.78 is 1.26. The van der Waals surface area contributed by atoms with E-state index in [0.29, 0.717) is 12.1 Å². The SMILES string of the molecule is CC(C)(C)c1c[c-]c(-c2nccc3sc(-c4ccc(C(C)(C)C)cc4)cc23)cc1.CC(C)[N-]C([N-]C(C)C)c1ccccc1.[Ir+3]. The minimum Gasteiger partial charge on any atom is -0.672 e. The molecule has 0 saturated heterocycles. The Balaban J connectivity index is 0.000000294. The second kappa shape index (κ2) is 15.8. The predicted molar refractivity (Wildman–Crippen MR) is 193 cm³/mol. The molecular formula is C40H48IrN3S. The van der Waals surface area contributed by atoms with E-state index >= 15 is 0 Å². The molecule has 5 heteroatoms. The van der Waals surface area contributed by atoms with Crippen molar-refractivity contribution in [3.63, 3.8) is 0 Å². The molecule has 0 fully saturated rings. The number of hydrogen-bond donors (Lipinski definition) is 0. The molecule has 0 aliphatic rings. The monoisotopic (exact) mass is 795 g/mol. The second-order valence-corrected chi connectivity index (χ2v) is 15.1. The van der Waals surface area contributed by atoms with Gasteiger partial charge in [-0.05, 0) is 45.2 Å². The van der Waals surface area contributed by atoms with Crippen molar-refractivity contribution in [2.75, 3.05) is 0 Å². The zero-order valence-electron chi connectivity index (χ0n) is 28.5. The van der Waals surface area contributed by atoms with E-state index < -0.39 is 0 Å². The number of rotatable bonds is 7. The Labute approximate surface area is 289 Å². The van der Waals surface area contributed by atoms with E-state index in [-0.39, 0.29) is 37.1 Å². The van der Waals surface area contributed by atoms with Gasteiger partial charge in [0.2, 0.25) is 0 Å². The number of benzene rings is 3. The molecule has 45 heavy (non-hydrogen) atoms. The molecule has 0 atom stereocenters. The summed E-state index contributed by atoms with van der Waals surface area (Å²) in [6.07, 6.45) is 1.90. The van der Waals surface area contributed by atoms with Crippen molar-refractivity contribution in [1.82, 2.24) is 4.98 Å². The molecule has 3 aromatic carbocycles. The van der Waals surface area contributed by atoms with Crippen molar-refractivity contribution in [3.8, 4) is 21.7 Å². The Hall–Kier alpha value is -2.66. The van der Waals surface area contributed by atoms with Gasteiger partial charge in [-0.3, -0.25) is 0 Å². The topological polar surface area (TPSA) is 41.1 Å². The van der Waals surface area contributed by atoms with E-state index in [9.17, 15) is 0 Å². The van der Waals surface area contributed by atoms with E-state index in [2.05, 4.69) is 153 Å². The molecule has 5 aromatic rings. The third-order valence-electron chi connectivity index (χ3n) is 7.39. The molecule has 0 radical (unpaired) electrons. The zero-order chi connectivity index (χ0) is 32.1. The maximum absolute atomic E-state index is 4.70. The number of aromatic nitrogens is 1. The first-order valence-corrected chi connectivity index (χ1v) is 16.5. The fourth-order valence-electron chi connectivity index (χ4n) is 4.89. The van der Waals surface area contributed by atoms with Crippen LogP contribution in [0.1, 0.15) is 92.1 Å². The molecule has 2 heterocycles. The van der Waals surface area contributed by atoms with Crippen molar-refractivity contribution in [3.05, 3.63) is 125 Å². The Morgan fingerprint density at radius 1 is 0.711 bits per heavy atom. The molecule has 0 aliphatic heterocycles. The van der Waals surface area contributed by atoms with Gasteiger partial charge in [0.25, 0.3) is 0 Å². The number of nitrogens with zero attached hydrogens (tertiary/aromatic N) is 3. The number of thiophene rings is 1. The normalized spacial score (nSPS) is 11.9. The van der Waals surface area contributed by atoms with Crippen molar-refractivity contribution >= 4 is 21.4 Å². The maximum atomic E-state index is 4.70. The summed E-state index contributed by atoms with van der Waals surface area (Å²) in [7, 11) is 0. The van der Waals surface area contributed by atoms with Crippen LogP contribution in [0.3, 0.4) is 0 Å². The van der Waals surface area contributed by atoms with Gasteiger partial charge in [0.05, 0.1) is 0 Å². The van der Waals surface area contributed by atoms with Gasteiger partial charge >= 0.3 is 20.1 Å². The number of fused-ring (bicyclic) bond motifs is 1. The van der Waals surface area contributed by atoms with Crippen molar-refractivity contribution in [1.29, 1.82) is 0 Å². The summed E-state index contributed by atoms with van der Waals surface area (Å²) >= 11 is 1.83. The van der Waals surface area contributed by atoms with Gasteiger partial charge in [-0.2, -0.15) is 0 Å². The van der Waals surface area contributed by atoms with Crippen LogP contribution < -0.4 is 0 Å². The minimum atomic E-state index is -0.00815. The Morgan fingerprint density at radius 2 is 1.29 bits per heavy atom. The fraction of sp³-hybridized carbons (Fsp3) is 0.375. The first kappa shape index (κ1) is 36.8. The van der Waals surface area contributed by atoms with Gasteiger partial charge in [0, 0.05) is 15.8 Å². The Kier molecular flexibility index (Phi) is 12.9. The summed E-state index contributed by atoms with van der Waals surface area (Å²) in [5.41, 5.74) is 7.45. The molecule has 5 rings (SSSR count). The van der Waals surface area contributed by atoms with Gasteiger partial charge < -0.3 is 15.6 Å². The summed E-state index contributed by atoms with van der Waals surface area (Å²) in [6.45, 7) is 21.8. The van der Waals surface area contributed by atoms with Gasteiger partial charge in [-0.25, -0.2) is 6.17 Å². The van der Waals surface area contributed by atoms with E-state index in [1.165, 1.54) is 37.2 Å². The van der Waals surface area contributed by atoms with E-state index in [0.717, 1.165) is 11.3 Å². The average molecular weight is 795 g/mol. The van der Waals surface area contributed by atoms with Crippen LogP contribution in [0.25, 0.3) is 42.4 Å². The van der Waals surface area contributed by atoms with Crippen LogP contribution in [0.5, 0.6) is 0 Å². The fourth-order valence-corrected chi connectivity index (χ4v) is 5.96. The van der Waals surface area contributed by atoms with Gasteiger partial charge in [-0.1, -0.05) is 129 Å².